The zero-order valence-corrected chi connectivity index (χ0v) is 17.9. The maximum absolute atomic E-state index is 12.9. The van der Waals surface area contributed by atoms with Crippen LogP contribution in [0.1, 0.15) is 35.7 Å². The SMILES string of the molecule is Cc1ccc(S(=O)(=O)N(C)c2ccc(Cl)c(C(=O)N3CCC(C)CC3)c2)cc1. The van der Waals surface area contributed by atoms with E-state index in [1.807, 2.05) is 6.92 Å². The van der Waals surface area contributed by atoms with Crippen molar-refractivity contribution in [2.24, 2.45) is 5.92 Å². The van der Waals surface area contributed by atoms with Crippen molar-refractivity contribution < 1.29 is 13.2 Å². The van der Waals surface area contributed by atoms with Crippen molar-refractivity contribution in [3.63, 3.8) is 0 Å². The molecule has 1 fully saturated rings. The first kappa shape index (κ1) is 20.7. The van der Waals surface area contributed by atoms with Crippen LogP contribution < -0.4 is 4.31 Å². The van der Waals surface area contributed by atoms with Gasteiger partial charge in [0.2, 0.25) is 0 Å². The molecule has 2 aromatic rings. The van der Waals surface area contributed by atoms with E-state index in [4.69, 9.17) is 11.6 Å². The predicted octanol–water partition coefficient (Wildman–Crippen LogP) is 4.35. The van der Waals surface area contributed by atoms with Crippen LogP contribution in [0.3, 0.4) is 0 Å². The molecule has 1 amide bonds. The first-order chi connectivity index (χ1) is 13.2. The second kappa shape index (κ2) is 8.13. The number of aryl methyl sites for hydroxylation is 1. The highest BCUT2D eigenvalue weighted by Crippen LogP contribution is 2.29. The number of hydrogen-bond acceptors (Lipinski definition) is 3. The van der Waals surface area contributed by atoms with Gasteiger partial charge in [-0.3, -0.25) is 9.10 Å². The van der Waals surface area contributed by atoms with Crippen LogP contribution in [-0.4, -0.2) is 39.4 Å². The van der Waals surface area contributed by atoms with Gasteiger partial charge in [0.05, 0.1) is 21.2 Å². The van der Waals surface area contributed by atoms with Gasteiger partial charge in [0.25, 0.3) is 15.9 Å². The lowest BCUT2D eigenvalue weighted by molar-refractivity contribution is 0.0697. The van der Waals surface area contributed by atoms with Crippen LogP contribution in [-0.2, 0) is 10.0 Å². The van der Waals surface area contributed by atoms with Gasteiger partial charge < -0.3 is 4.90 Å². The number of sulfonamides is 1. The Kier molecular flexibility index (Phi) is 6.01. The van der Waals surface area contributed by atoms with E-state index >= 15 is 0 Å². The van der Waals surface area contributed by atoms with Gasteiger partial charge in [-0.25, -0.2) is 8.42 Å². The Balaban J connectivity index is 1.90. The number of nitrogens with zero attached hydrogens (tertiary/aromatic N) is 2. The van der Waals surface area contributed by atoms with Crippen molar-refractivity contribution in [2.45, 2.75) is 31.6 Å². The summed E-state index contributed by atoms with van der Waals surface area (Å²) in [5.74, 6) is 0.455. The van der Waals surface area contributed by atoms with Crippen molar-refractivity contribution in [2.75, 3.05) is 24.4 Å². The molecule has 0 atom stereocenters. The third kappa shape index (κ3) is 4.18. The van der Waals surface area contributed by atoms with Crippen LogP contribution in [0.25, 0.3) is 0 Å². The summed E-state index contributed by atoms with van der Waals surface area (Å²) in [6.45, 7) is 5.47. The fourth-order valence-electron chi connectivity index (χ4n) is 3.26. The Bertz CT molecular complexity index is 966. The van der Waals surface area contributed by atoms with Gasteiger partial charge in [0.15, 0.2) is 0 Å². The number of amides is 1. The van der Waals surface area contributed by atoms with Gasteiger partial charge in [-0.2, -0.15) is 0 Å². The second-order valence-electron chi connectivity index (χ2n) is 7.42. The quantitative estimate of drug-likeness (QED) is 0.738. The minimum absolute atomic E-state index is 0.153. The Morgan fingerprint density at radius 2 is 1.71 bits per heavy atom. The standard InChI is InChI=1S/C21H25ClN2O3S/c1-15-4-7-18(8-5-15)28(26,27)23(3)17-6-9-20(22)19(14-17)21(25)24-12-10-16(2)11-13-24/h4-9,14,16H,10-13H2,1-3H3. The molecule has 0 radical (unpaired) electrons. The number of piperidine rings is 1. The number of carbonyl (C=O) groups excluding carboxylic acids is 1. The molecule has 7 heteroatoms. The van der Waals surface area contributed by atoms with Gasteiger partial charge in [-0.1, -0.05) is 36.2 Å². The maximum atomic E-state index is 12.9. The molecule has 1 saturated heterocycles. The highest BCUT2D eigenvalue weighted by atomic mass is 35.5. The predicted molar refractivity (Wildman–Crippen MR) is 113 cm³/mol. The van der Waals surface area contributed by atoms with Gasteiger partial charge in [0.1, 0.15) is 0 Å². The molecule has 0 aromatic heterocycles. The summed E-state index contributed by atoms with van der Waals surface area (Å²) < 4.78 is 27.1. The third-order valence-corrected chi connectivity index (χ3v) is 7.42. The van der Waals surface area contributed by atoms with E-state index in [-0.39, 0.29) is 10.8 Å². The lowest BCUT2D eigenvalue weighted by Crippen LogP contribution is -2.38. The molecule has 0 saturated carbocycles. The fourth-order valence-corrected chi connectivity index (χ4v) is 4.65. The topological polar surface area (TPSA) is 57.7 Å². The lowest BCUT2D eigenvalue weighted by atomic mass is 9.98. The summed E-state index contributed by atoms with van der Waals surface area (Å²) in [7, 11) is -2.25. The summed E-state index contributed by atoms with van der Waals surface area (Å²) in [6.07, 6.45) is 1.93. The van der Waals surface area contributed by atoms with E-state index in [9.17, 15) is 13.2 Å². The minimum Gasteiger partial charge on any atom is -0.339 e. The molecule has 3 rings (SSSR count). The molecule has 0 unspecified atom stereocenters. The number of rotatable bonds is 4. The fraction of sp³-hybridized carbons (Fsp3) is 0.381. The van der Waals surface area contributed by atoms with Crippen molar-refractivity contribution in [3.8, 4) is 0 Å². The van der Waals surface area contributed by atoms with E-state index in [0.29, 0.717) is 35.3 Å². The number of benzene rings is 2. The molecule has 5 nitrogen and oxygen atoms in total. The molecular formula is C21H25ClN2O3S. The number of likely N-dealkylation sites (tertiary alicyclic amines) is 1. The minimum atomic E-state index is -3.73. The Morgan fingerprint density at radius 1 is 1.11 bits per heavy atom. The van der Waals surface area contributed by atoms with Crippen LogP contribution in [0.2, 0.25) is 5.02 Å². The van der Waals surface area contributed by atoms with Gasteiger partial charge in [-0.15, -0.1) is 0 Å². The highest BCUT2D eigenvalue weighted by molar-refractivity contribution is 7.92. The Labute approximate surface area is 172 Å². The molecule has 28 heavy (non-hydrogen) atoms. The summed E-state index contributed by atoms with van der Waals surface area (Å²) in [6, 6.07) is 11.4. The van der Waals surface area contributed by atoms with Crippen LogP contribution in [0.4, 0.5) is 5.69 Å². The average molecular weight is 421 g/mol. The molecule has 150 valence electrons. The average Bonchev–Trinajstić information content (AvgIpc) is 2.68. The largest absolute Gasteiger partial charge is 0.339 e. The van der Waals surface area contributed by atoms with Gasteiger partial charge in [-0.05, 0) is 56.0 Å². The molecule has 2 aromatic carbocycles. The van der Waals surface area contributed by atoms with E-state index in [0.717, 1.165) is 18.4 Å². The van der Waals surface area contributed by atoms with Crippen LogP contribution in [0.15, 0.2) is 47.4 Å². The first-order valence-electron chi connectivity index (χ1n) is 9.34. The van der Waals surface area contributed by atoms with Crippen molar-refractivity contribution in [1.82, 2.24) is 4.90 Å². The van der Waals surface area contributed by atoms with Crippen LogP contribution in [0.5, 0.6) is 0 Å². The van der Waals surface area contributed by atoms with Crippen molar-refractivity contribution >= 4 is 33.2 Å². The number of anilines is 1. The summed E-state index contributed by atoms with van der Waals surface area (Å²) in [5.41, 5.74) is 1.72. The van der Waals surface area contributed by atoms with Gasteiger partial charge >= 0.3 is 0 Å². The Morgan fingerprint density at radius 3 is 2.32 bits per heavy atom. The molecule has 0 bridgehead atoms. The lowest BCUT2D eigenvalue weighted by Gasteiger charge is -2.31. The summed E-state index contributed by atoms with van der Waals surface area (Å²) in [5, 5.41) is 0.327. The zero-order valence-electron chi connectivity index (χ0n) is 16.4. The van der Waals surface area contributed by atoms with E-state index in [1.54, 1.807) is 47.4 Å². The highest BCUT2D eigenvalue weighted by Gasteiger charge is 2.26. The second-order valence-corrected chi connectivity index (χ2v) is 9.80. The van der Waals surface area contributed by atoms with E-state index in [1.165, 1.54) is 11.4 Å². The molecule has 1 aliphatic heterocycles. The number of halogens is 1. The third-order valence-electron chi connectivity index (χ3n) is 5.29. The van der Waals surface area contributed by atoms with Crippen molar-refractivity contribution in [3.05, 3.63) is 58.6 Å². The molecule has 0 N–H and O–H groups in total. The Hall–Kier alpha value is -2.05. The van der Waals surface area contributed by atoms with E-state index in [2.05, 4.69) is 6.92 Å². The number of hydrogen-bond donors (Lipinski definition) is 0. The van der Waals surface area contributed by atoms with Crippen LogP contribution >= 0.6 is 11.6 Å². The first-order valence-corrected chi connectivity index (χ1v) is 11.2. The van der Waals surface area contributed by atoms with Crippen LogP contribution in [0, 0.1) is 12.8 Å². The monoisotopic (exact) mass is 420 g/mol. The zero-order chi connectivity index (χ0) is 20.5. The molecule has 0 aliphatic carbocycles. The molecule has 1 aliphatic rings. The number of carbonyl (C=O) groups is 1. The molecule has 0 spiro atoms. The smallest absolute Gasteiger partial charge is 0.264 e. The maximum Gasteiger partial charge on any atom is 0.264 e. The molecular weight excluding hydrogens is 396 g/mol. The normalized spacial score (nSPS) is 15.5. The van der Waals surface area contributed by atoms with Gasteiger partial charge in [0, 0.05) is 20.1 Å². The molecule has 1 heterocycles. The summed E-state index contributed by atoms with van der Waals surface area (Å²) >= 11 is 6.28. The summed E-state index contributed by atoms with van der Waals surface area (Å²) in [4.78, 5) is 14.9. The van der Waals surface area contributed by atoms with Crippen molar-refractivity contribution in [1.29, 1.82) is 0 Å². The van der Waals surface area contributed by atoms with E-state index < -0.39 is 10.0 Å².